The number of nitrogens with zero attached hydrogens (tertiary/aromatic N) is 1. The van der Waals surface area contributed by atoms with Gasteiger partial charge >= 0.3 is 6.16 Å². The number of fused-ring (bicyclic) bond motifs is 8. The van der Waals surface area contributed by atoms with Gasteiger partial charge in [0, 0.05) is 5.92 Å². The molecule has 2 aromatic rings. The number of carbonyl (C=O) groups is 3. The summed E-state index contributed by atoms with van der Waals surface area (Å²) >= 11 is 0. The maximum Gasteiger partial charge on any atom is 0.533 e. The molecule has 5 atom stereocenters. The molecule has 2 aromatic carbocycles. The zero-order chi connectivity index (χ0) is 21.3. The number of ether oxygens (including phenoxy) is 1. The van der Waals surface area contributed by atoms with Crippen LogP contribution in [0.4, 0.5) is 4.79 Å². The largest absolute Gasteiger partial charge is 0.533 e. The van der Waals surface area contributed by atoms with Gasteiger partial charge in [-0.3, -0.25) is 14.4 Å². The Bertz CT molecular complexity index is 1080. The third kappa shape index (κ3) is 2.48. The molecule has 2 unspecified atom stereocenters. The summed E-state index contributed by atoms with van der Waals surface area (Å²) in [5, 5.41) is 0.632. The minimum Gasteiger partial charge on any atom is -0.432 e. The van der Waals surface area contributed by atoms with Gasteiger partial charge in [-0.05, 0) is 40.0 Å². The fourth-order valence-corrected chi connectivity index (χ4v) is 6.03. The van der Waals surface area contributed by atoms with Crippen molar-refractivity contribution in [2.75, 3.05) is 6.61 Å². The van der Waals surface area contributed by atoms with E-state index in [1.165, 1.54) is 0 Å². The second-order valence-electron chi connectivity index (χ2n) is 8.80. The van der Waals surface area contributed by atoms with E-state index in [-0.39, 0.29) is 30.3 Å². The van der Waals surface area contributed by atoms with Gasteiger partial charge in [0.1, 0.15) is 6.61 Å². The quantitative estimate of drug-likeness (QED) is 0.432. The van der Waals surface area contributed by atoms with Gasteiger partial charge in [-0.1, -0.05) is 72.7 Å². The third-order valence-electron chi connectivity index (χ3n) is 7.45. The summed E-state index contributed by atoms with van der Waals surface area (Å²) in [5.41, 5.74) is 4.40. The second kappa shape index (κ2) is 6.54. The van der Waals surface area contributed by atoms with Crippen LogP contribution in [0.2, 0.25) is 0 Å². The van der Waals surface area contributed by atoms with Crippen LogP contribution in [0.1, 0.15) is 24.0 Å². The van der Waals surface area contributed by atoms with Crippen LogP contribution >= 0.6 is 0 Å². The van der Waals surface area contributed by atoms with Crippen LogP contribution < -0.4 is 0 Å². The number of benzene rings is 2. The summed E-state index contributed by atoms with van der Waals surface area (Å²) in [6.45, 7) is 2.13. The molecule has 31 heavy (non-hydrogen) atoms. The summed E-state index contributed by atoms with van der Waals surface area (Å²) in [7, 11) is 0. The number of hydroxylamine groups is 2. The molecule has 0 aromatic heterocycles. The number of allylic oxidation sites excluding steroid dienone is 2. The summed E-state index contributed by atoms with van der Waals surface area (Å²) in [5.74, 6) is -1.54. The van der Waals surface area contributed by atoms with Crippen LogP contribution in [0, 0.1) is 29.6 Å². The van der Waals surface area contributed by atoms with Crippen molar-refractivity contribution in [2.24, 2.45) is 29.6 Å². The third-order valence-corrected chi connectivity index (χ3v) is 7.45. The van der Waals surface area contributed by atoms with Crippen LogP contribution in [0.25, 0.3) is 11.1 Å². The Morgan fingerprint density at radius 1 is 0.871 bits per heavy atom. The van der Waals surface area contributed by atoms with Crippen molar-refractivity contribution in [2.45, 2.75) is 12.8 Å². The zero-order valence-corrected chi connectivity index (χ0v) is 16.9. The van der Waals surface area contributed by atoms with E-state index < -0.39 is 29.8 Å². The fraction of sp³-hybridized carbons (Fsp3) is 0.320. The number of imide groups is 1. The van der Waals surface area contributed by atoms with Crippen molar-refractivity contribution in [1.29, 1.82) is 0 Å². The average molecular weight is 415 g/mol. The molecule has 0 radical (unpaired) electrons. The first kappa shape index (κ1) is 18.4. The smallest absolute Gasteiger partial charge is 0.432 e. The molecule has 6 rings (SSSR count). The predicted molar refractivity (Wildman–Crippen MR) is 110 cm³/mol. The Morgan fingerprint density at radius 2 is 1.39 bits per heavy atom. The molecule has 156 valence electrons. The van der Waals surface area contributed by atoms with E-state index in [9.17, 15) is 14.4 Å². The Hall–Kier alpha value is -3.41. The molecule has 0 spiro atoms. The lowest BCUT2D eigenvalue weighted by Crippen LogP contribution is -2.36. The van der Waals surface area contributed by atoms with Gasteiger partial charge in [0.15, 0.2) is 0 Å². The monoisotopic (exact) mass is 415 g/mol. The normalized spacial score (nSPS) is 29.8. The lowest BCUT2D eigenvalue weighted by molar-refractivity contribution is -0.180. The molecule has 2 fully saturated rings. The Kier molecular flexibility index (Phi) is 3.88. The molecule has 6 nitrogen and oxygen atoms in total. The van der Waals surface area contributed by atoms with E-state index in [1.54, 1.807) is 0 Å². The SMILES string of the molecule is C[C@@H]1C2C=CC1[C@@H]1C(=O)N(OC(=O)OCC3c4ccccc4-c4ccccc43)C(=O)[C@H]21. The maximum absolute atomic E-state index is 12.8. The minimum absolute atomic E-state index is 0.0302. The first-order valence-corrected chi connectivity index (χ1v) is 10.7. The first-order valence-electron chi connectivity index (χ1n) is 10.7. The highest BCUT2D eigenvalue weighted by atomic mass is 16.8. The molecule has 1 saturated carbocycles. The van der Waals surface area contributed by atoms with Crippen molar-refractivity contribution in [3.8, 4) is 11.1 Å². The number of amides is 2. The molecule has 1 saturated heterocycles. The molecular weight excluding hydrogens is 394 g/mol. The van der Waals surface area contributed by atoms with Gasteiger partial charge in [-0.2, -0.15) is 0 Å². The minimum atomic E-state index is -1.03. The van der Waals surface area contributed by atoms with Crippen LogP contribution in [0.5, 0.6) is 0 Å². The molecule has 2 amide bonds. The summed E-state index contributed by atoms with van der Waals surface area (Å²) < 4.78 is 5.39. The van der Waals surface area contributed by atoms with E-state index in [0.29, 0.717) is 5.06 Å². The second-order valence-corrected chi connectivity index (χ2v) is 8.80. The number of hydrogen-bond acceptors (Lipinski definition) is 5. The summed E-state index contributed by atoms with van der Waals surface area (Å²) in [4.78, 5) is 43.1. The molecule has 3 aliphatic carbocycles. The highest BCUT2D eigenvalue weighted by molar-refractivity contribution is 6.06. The summed E-state index contributed by atoms with van der Waals surface area (Å²) in [6.07, 6.45) is 2.99. The number of carbonyl (C=O) groups excluding carboxylic acids is 3. The fourth-order valence-electron chi connectivity index (χ4n) is 6.03. The molecule has 2 bridgehead atoms. The van der Waals surface area contributed by atoms with Gasteiger partial charge in [-0.15, -0.1) is 0 Å². The summed E-state index contributed by atoms with van der Waals surface area (Å²) in [6, 6.07) is 16.0. The van der Waals surface area contributed by atoms with Crippen molar-refractivity contribution in [3.05, 3.63) is 71.8 Å². The van der Waals surface area contributed by atoms with E-state index in [0.717, 1.165) is 22.3 Å². The van der Waals surface area contributed by atoms with Gasteiger partial charge < -0.3 is 4.74 Å². The van der Waals surface area contributed by atoms with E-state index in [1.807, 2.05) is 48.6 Å². The lowest BCUT2D eigenvalue weighted by atomic mass is 9.85. The van der Waals surface area contributed by atoms with Crippen LogP contribution in [0.15, 0.2) is 60.7 Å². The molecule has 1 aliphatic heterocycles. The van der Waals surface area contributed by atoms with Crippen molar-refractivity contribution >= 4 is 18.0 Å². The number of hydrogen-bond donors (Lipinski definition) is 0. The molecule has 0 N–H and O–H groups in total. The van der Waals surface area contributed by atoms with Crippen molar-refractivity contribution in [3.63, 3.8) is 0 Å². The maximum atomic E-state index is 12.8. The van der Waals surface area contributed by atoms with Crippen LogP contribution in [-0.2, 0) is 19.2 Å². The first-order chi connectivity index (χ1) is 15.1. The van der Waals surface area contributed by atoms with Crippen molar-refractivity contribution in [1.82, 2.24) is 5.06 Å². The predicted octanol–water partition coefficient (Wildman–Crippen LogP) is 3.92. The number of rotatable bonds is 3. The average Bonchev–Trinajstić information content (AvgIpc) is 3.47. The highest BCUT2D eigenvalue weighted by Gasteiger charge is 2.63. The van der Waals surface area contributed by atoms with Gasteiger partial charge in [0.2, 0.25) is 0 Å². The van der Waals surface area contributed by atoms with Crippen LogP contribution in [-0.4, -0.2) is 29.6 Å². The molecule has 1 heterocycles. The van der Waals surface area contributed by atoms with E-state index in [4.69, 9.17) is 9.57 Å². The van der Waals surface area contributed by atoms with E-state index in [2.05, 4.69) is 19.1 Å². The van der Waals surface area contributed by atoms with Crippen LogP contribution in [0.3, 0.4) is 0 Å². The highest BCUT2D eigenvalue weighted by Crippen LogP contribution is 2.55. The van der Waals surface area contributed by atoms with Gasteiger partial charge in [-0.25, -0.2) is 4.79 Å². The van der Waals surface area contributed by atoms with Crippen molar-refractivity contribution < 1.29 is 24.0 Å². The van der Waals surface area contributed by atoms with Gasteiger partial charge in [0.25, 0.3) is 11.8 Å². The topological polar surface area (TPSA) is 72.9 Å². The lowest BCUT2D eigenvalue weighted by Gasteiger charge is -2.19. The van der Waals surface area contributed by atoms with E-state index >= 15 is 0 Å². The molecular formula is C25H21NO5. The molecule has 4 aliphatic rings. The molecule has 6 heteroatoms. The Labute approximate surface area is 179 Å². The Morgan fingerprint density at radius 3 is 1.94 bits per heavy atom. The Balaban J connectivity index is 1.16. The van der Waals surface area contributed by atoms with Gasteiger partial charge in [0.05, 0.1) is 11.8 Å². The zero-order valence-electron chi connectivity index (χ0n) is 16.9. The standard InChI is InChI=1S/C25H21NO5/c1-13-14-10-11-15(13)22-21(14)23(27)26(24(22)28)31-25(29)30-12-20-18-8-4-2-6-16(18)17-7-3-5-9-19(17)20/h2-11,13-15,20-22H,12H2,1H3/t13-,14?,15?,21-,22+.